The van der Waals surface area contributed by atoms with E-state index in [1.165, 1.54) is 15.6 Å². The molecule has 0 unspecified atom stereocenters. The van der Waals surface area contributed by atoms with Crippen molar-refractivity contribution in [1.82, 2.24) is 9.62 Å². The van der Waals surface area contributed by atoms with Crippen molar-refractivity contribution in [3.05, 3.63) is 17.5 Å². The average Bonchev–Trinajstić information content (AvgIpc) is 2.84. The fourth-order valence-electron chi connectivity index (χ4n) is 1.75. The predicted octanol–water partition coefficient (Wildman–Crippen LogP) is 0.734. The van der Waals surface area contributed by atoms with Gasteiger partial charge in [0, 0.05) is 19.6 Å². The number of rotatable bonds is 2. The van der Waals surface area contributed by atoms with Gasteiger partial charge in [-0.15, -0.1) is 17.3 Å². The van der Waals surface area contributed by atoms with Crippen LogP contribution in [0.5, 0.6) is 0 Å². The lowest BCUT2D eigenvalue weighted by Crippen LogP contribution is -2.51. The molecule has 0 aliphatic carbocycles. The lowest BCUT2D eigenvalue weighted by Gasteiger charge is -2.29. The van der Waals surface area contributed by atoms with Gasteiger partial charge in [0.2, 0.25) is 0 Å². The average molecular weight is 270 g/mol. The van der Waals surface area contributed by atoms with E-state index in [4.69, 9.17) is 0 Å². The molecule has 0 bridgehead atoms. The molecule has 1 fully saturated rings. The summed E-state index contributed by atoms with van der Waals surface area (Å²) in [5, 5.41) is 4.97. The van der Waals surface area contributed by atoms with Crippen LogP contribution < -0.4 is 5.32 Å². The lowest BCUT2D eigenvalue weighted by molar-refractivity contribution is 0.331. The van der Waals surface area contributed by atoms with E-state index in [0.29, 0.717) is 23.8 Å². The van der Waals surface area contributed by atoms with Crippen molar-refractivity contribution in [1.29, 1.82) is 0 Å². The molecule has 1 aromatic heterocycles. The zero-order valence-corrected chi connectivity index (χ0v) is 11.1. The molecule has 0 saturated carbocycles. The Labute approximate surface area is 106 Å². The van der Waals surface area contributed by atoms with Crippen LogP contribution in [-0.4, -0.2) is 38.4 Å². The summed E-state index contributed by atoms with van der Waals surface area (Å²) in [5.74, 6) is 5.78. The molecule has 0 radical (unpaired) electrons. The smallest absolute Gasteiger partial charge is 0.252 e. The summed E-state index contributed by atoms with van der Waals surface area (Å²) in [5.41, 5.74) is 0. The van der Waals surface area contributed by atoms with Gasteiger partial charge < -0.3 is 5.32 Å². The number of hydrogen-bond donors (Lipinski definition) is 1. The van der Waals surface area contributed by atoms with Gasteiger partial charge in [0.1, 0.15) is 4.21 Å². The highest BCUT2D eigenvalue weighted by molar-refractivity contribution is 7.91. The quantitative estimate of drug-likeness (QED) is 0.806. The lowest BCUT2D eigenvalue weighted by atomic mass is 10.2. The predicted molar refractivity (Wildman–Crippen MR) is 68.3 cm³/mol. The van der Waals surface area contributed by atoms with Gasteiger partial charge >= 0.3 is 0 Å². The van der Waals surface area contributed by atoms with Crippen LogP contribution in [0.1, 0.15) is 6.92 Å². The minimum Gasteiger partial charge on any atom is -0.301 e. The Morgan fingerprint density at radius 2 is 2.41 bits per heavy atom. The van der Waals surface area contributed by atoms with E-state index in [-0.39, 0.29) is 6.04 Å². The van der Waals surface area contributed by atoms with Crippen molar-refractivity contribution in [2.45, 2.75) is 17.2 Å². The zero-order valence-electron chi connectivity index (χ0n) is 9.51. The third-order valence-electron chi connectivity index (χ3n) is 2.55. The van der Waals surface area contributed by atoms with Crippen LogP contribution in [0.3, 0.4) is 0 Å². The maximum absolute atomic E-state index is 12.3. The van der Waals surface area contributed by atoms with Crippen LogP contribution in [0.25, 0.3) is 0 Å². The second kappa shape index (κ2) is 5.19. The Morgan fingerprint density at radius 1 is 1.59 bits per heavy atom. The molecule has 2 rings (SSSR count). The minimum atomic E-state index is -3.33. The molecule has 17 heavy (non-hydrogen) atoms. The third-order valence-corrected chi connectivity index (χ3v) is 5.78. The standard InChI is InChI=1S/C11H14N2O2S2/c1-2-4-10-9-13(7-6-12-10)17(14,15)11-5-3-8-16-11/h3,5,8,10,12H,6-7,9H2,1H3/t10-/m1/s1. The number of thiophene rings is 1. The molecule has 0 aromatic carbocycles. The first-order chi connectivity index (χ1) is 8.14. The summed E-state index contributed by atoms with van der Waals surface area (Å²) in [4.78, 5) is 0. The highest BCUT2D eigenvalue weighted by Gasteiger charge is 2.29. The van der Waals surface area contributed by atoms with Gasteiger partial charge in [0.15, 0.2) is 0 Å². The monoisotopic (exact) mass is 270 g/mol. The van der Waals surface area contributed by atoms with Crippen molar-refractivity contribution in [3.8, 4) is 11.8 Å². The van der Waals surface area contributed by atoms with Gasteiger partial charge in [0.25, 0.3) is 10.0 Å². The molecule has 1 saturated heterocycles. The molecule has 1 aliphatic heterocycles. The first-order valence-corrected chi connectivity index (χ1v) is 7.66. The van der Waals surface area contributed by atoms with Crippen molar-refractivity contribution < 1.29 is 8.42 Å². The van der Waals surface area contributed by atoms with Crippen LogP contribution in [0.4, 0.5) is 0 Å². The van der Waals surface area contributed by atoms with E-state index >= 15 is 0 Å². The maximum Gasteiger partial charge on any atom is 0.252 e. The van der Waals surface area contributed by atoms with Crippen molar-refractivity contribution in [3.63, 3.8) is 0 Å². The number of hydrogen-bond acceptors (Lipinski definition) is 4. The molecule has 2 heterocycles. The molecule has 1 aliphatic rings. The summed E-state index contributed by atoms with van der Waals surface area (Å²) in [6.45, 7) is 3.32. The van der Waals surface area contributed by atoms with Gasteiger partial charge in [0.05, 0.1) is 6.04 Å². The van der Waals surface area contributed by atoms with E-state index in [2.05, 4.69) is 17.2 Å². The second-order valence-electron chi connectivity index (χ2n) is 3.70. The molecule has 0 spiro atoms. The highest BCUT2D eigenvalue weighted by atomic mass is 32.2. The minimum absolute atomic E-state index is 0.0662. The van der Waals surface area contributed by atoms with Gasteiger partial charge in [-0.1, -0.05) is 12.0 Å². The Kier molecular flexibility index (Phi) is 3.84. The second-order valence-corrected chi connectivity index (χ2v) is 6.81. The summed E-state index contributed by atoms with van der Waals surface area (Å²) in [7, 11) is -3.33. The first-order valence-electron chi connectivity index (χ1n) is 5.34. The van der Waals surface area contributed by atoms with Crippen molar-refractivity contribution in [2.75, 3.05) is 19.6 Å². The zero-order chi connectivity index (χ0) is 12.3. The third kappa shape index (κ3) is 2.69. The van der Waals surface area contributed by atoms with Crippen molar-refractivity contribution in [2.24, 2.45) is 0 Å². The fourth-order valence-corrected chi connectivity index (χ4v) is 4.35. The summed E-state index contributed by atoms with van der Waals surface area (Å²) < 4.78 is 26.4. The molecule has 4 nitrogen and oxygen atoms in total. The number of piperazine rings is 1. The topological polar surface area (TPSA) is 49.4 Å². The van der Waals surface area contributed by atoms with E-state index in [1.54, 1.807) is 24.4 Å². The molecule has 1 atom stereocenters. The van der Waals surface area contributed by atoms with Gasteiger partial charge in [-0.25, -0.2) is 8.42 Å². The summed E-state index contributed by atoms with van der Waals surface area (Å²) >= 11 is 1.25. The summed E-state index contributed by atoms with van der Waals surface area (Å²) in [6.07, 6.45) is 0. The van der Waals surface area contributed by atoms with Crippen molar-refractivity contribution >= 4 is 21.4 Å². The molecule has 92 valence electrons. The van der Waals surface area contributed by atoms with Crippen LogP contribution in [0, 0.1) is 11.8 Å². The summed E-state index contributed by atoms with van der Waals surface area (Å²) in [6, 6.07) is 3.33. The van der Waals surface area contributed by atoms with E-state index in [1.807, 2.05) is 0 Å². The van der Waals surface area contributed by atoms with Crippen LogP contribution in [-0.2, 0) is 10.0 Å². The number of nitrogens with one attached hydrogen (secondary N) is 1. The highest BCUT2D eigenvalue weighted by Crippen LogP contribution is 2.21. The van der Waals surface area contributed by atoms with Crippen LogP contribution >= 0.6 is 11.3 Å². The largest absolute Gasteiger partial charge is 0.301 e. The van der Waals surface area contributed by atoms with Gasteiger partial charge in [-0.3, -0.25) is 0 Å². The number of sulfonamides is 1. The Hall–Kier alpha value is -0.870. The Bertz CT molecular complexity index is 526. The van der Waals surface area contributed by atoms with Gasteiger partial charge in [-0.2, -0.15) is 4.31 Å². The van der Waals surface area contributed by atoms with E-state index in [0.717, 1.165) is 0 Å². The number of nitrogens with zero attached hydrogens (tertiary/aromatic N) is 1. The Balaban J connectivity index is 2.19. The van der Waals surface area contributed by atoms with E-state index < -0.39 is 10.0 Å². The molecule has 0 amide bonds. The Morgan fingerprint density at radius 3 is 3.06 bits per heavy atom. The molecule has 1 N–H and O–H groups in total. The molecular formula is C11H14N2O2S2. The molecule has 1 aromatic rings. The fraction of sp³-hybridized carbons (Fsp3) is 0.455. The SMILES string of the molecule is CC#C[C@@H]1CN(S(=O)(=O)c2cccs2)CCN1. The molecule has 6 heteroatoms. The normalized spacial score (nSPS) is 21.8. The first kappa shape index (κ1) is 12.6. The van der Waals surface area contributed by atoms with Gasteiger partial charge in [-0.05, 0) is 18.4 Å². The molecular weight excluding hydrogens is 256 g/mol. The van der Waals surface area contributed by atoms with E-state index in [9.17, 15) is 8.42 Å². The van der Waals surface area contributed by atoms with Crippen LogP contribution in [0.15, 0.2) is 21.7 Å². The maximum atomic E-state index is 12.3. The van der Waals surface area contributed by atoms with Crippen LogP contribution in [0.2, 0.25) is 0 Å².